The molecule has 11 heavy (non-hydrogen) atoms. The molecule has 0 radical (unpaired) electrons. The van der Waals surface area contributed by atoms with Crippen LogP contribution >= 0.6 is 11.3 Å². The van der Waals surface area contributed by atoms with Gasteiger partial charge in [-0.25, -0.2) is 0 Å². The highest BCUT2D eigenvalue weighted by atomic mass is 32.1. The molecule has 0 fully saturated rings. The number of rotatable bonds is 4. The van der Waals surface area contributed by atoms with E-state index in [1.165, 1.54) is 5.56 Å². The Hall–Kier alpha value is -0.900. The monoisotopic (exact) mass is 171 g/mol. The molecule has 0 unspecified atom stereocenters. The molecule has 1 aromatic rings. The van der Waals surface area contributed by atoms with Crippen molar-refractivity contribution in [1.82, 2.24) is 0 Å². The van der Waals surface area contributed by atoms with Gasteiger partial charge in [-0.15, -0.1) is 0 Å². The third-order valence-electron chi connectivity index (χ3n) is 1.39. The first-order valence-corrected chi connectivity index (χ1v) is 4.36. The number of hydrogen-bond acceptors (Lipinski definition) is 3. The number of nitro groups is 1. The summed E-state index contributed by atoms with van der Waals surface area (Å²) in [4.78, 5) is 9.66. The maximum absolute atomic E-state index is 9.94. The molecule has 1 aromatic heterocycles. The predicted octanol–water partition coefficient (Wildman–Crippen LogP) is 1.96. The van der Waals surface area contributed by atoms with E-state index < -0.39 is 0 Å². The summed E-state index contributed by atoms with van der Waals surface area (Å²) in [7, 11) is 0. The van der Waals surface area contributed by atoms with Crippen molar-refractivity contribution in [3.8, 4) is 0 Å². The van der Waals surface area contributed by atoms with Crippen LogP contribution in [0.3, 0.4) is 0 Å². The summed E-state index contributed by atoms with van der Waals surface area (Å²) < 4.78 is 0. The Labute approximate surface area is 68.8 Å². The summed E-state index contributed by atoms with van der Waals surface area (Å²) in [6.45, 7) is 0.0792. The van der Waals surface area contributed by atoms with Crippen molar-refractivity contribution >= 4 is 11.3 Å². The van der Waals surface area contributed by atoms with Gasteiger partial charge in [0.15, 0.2) is 0 Å². The average Bonchev–Trinajstić information content (AvgIpc) is 2.39. The van der Waals surface area contributed by atoms with Crippen molar-refractivity contribution in [1.29, 1.82) is 0 Å². The van der Waals surface area contributed by atoms with Crippen molar-refractivity contribution in [3.05, 3.63) is 32.5 Å². The Morgan fingerprint density at radius 2 is 2.45 bits per heavy atom. The molecule has 0 amide bonds. The van der Waals surface area contributed by atoms with Crippen LogP contribution in [0.1, 0.15) is 12.0 Å². The lowest BCUT2D eigenvalue weighted by atomic mass is 10.2. The molecule has 4 heteroatoms. The molecule has 3 nitrogen and oxygen atoms in total. The van der Waals surface area contributed by atoms with Crippen molar-refractivity contribution < 1.29 is 4.92 Å². The van der Waals surface area contributed by atoms with Crippen molar-refractivity contribution in [2.45, 2.75) is 12.8 Å². The molecule has 0 bridgehead atoms. The molecular formula is C7H9NO2S. The van der Waals surface area contributed by atoms with Crippen LogP contribution in [0.5, 0.6) is 0 Å². The summed E-state index contributed by atoms with van der Waals surface area (Å²) in [5.74, 6) is 0. The van der Waals surface area contributed by atoms with Crippen LogP contribution in [0, 0.1) is 10.1 Å². The third-order valence-corrected chi connectivity index (χ3v) is 2.12. The summed E-state index contributed by atoms with van der Waals surface area (Å²) in [5.41, 5.74) is 1.21. The molecule has 0 saturated heterocycles. The second kappa shape index (κ2) is 4.08. The van der Waals surface area contributed by atoms with Gasteiger partial charge >= 0.3 is 0 Å². The van der Waals surface area contributed by atoms with E-state index >= 15 is 0 Å². The largest absolute Gasteiger partial charge is 0.265 e. The lowest BCUT2D eigenvalue weighted by molar-refractivity contribution is -0.480. The van der Waals surface area contributed by atoms with E-state index in [-0.39, 0.29) is 11.5 Å². The normalized spacial score (nSPS) is 9.82. The summed E-state index contributed by atoms with van der Waals surface area (Å²) in [6.07, 6.45) is 1.47. The van der Waals surface area contributed by atoms with Gasteiger partial charge in [-0.05, 0) is 28.8 Å². The van der Waals surface area contributed by atoms with Gasteiger partial charge in [-0.1, -0.05) is 0 Å². The Morgan fingerprint density at radius 3 is 3.00 bits per heavy atom. The Morgan fingerprint density at radius 1 is 1.64 bits per heavy atom. The van der Waals surface area contributed by atoms with Crippen LogP contribution in [-0.2, 0) is 6.42 Å². The standard InChI is InChI=1S/C7H9NO2S/c9-8(10)4-1-2-7-3-5-11-6-7/h3,5-6H,1-2,4H2. The van der Waals surface area contributed by atoms with E-state index in [2.05, 4.69) is 0 Å². The average molecular weight is 171 g/mol. The smallest absolute Gasteiger partial charge is 0.204 e. The van der Waals surface area contributed by atoms with Gasteiger partial charge < -0.3 is 0 Å². The fourth-order valence-corrected chi connectivity index (χ4v) is 1.55. The lowest BCUT2D eigenvalue weighted by Crippen LogP contribution is -2.01. The van der Waals surface area contributed by atoms with E-state index in [4.69, 9.17) is 0 Å². The predicted molar refractivity (Wildman–Crippen MR) is 44.5 cm³/mol. The first-order chi connectivity index (χ1) is 5.29. The minimum Gasteiger partial charge on any atom is -0.265 e. The molecule has 1 heterocycles. The molecule has 0 aromatic carbocycles. The summed E-state index contributed by atoms with van der Waals surface area (Å²) >= 11 is 1.63. The highest BCUT2D eigenvalue weighted by molar-refractivity contribution is 7.07. The van der Waals surface area contributed by atoms with Crippen LogP contribution in [0.25, 0.3) is 0 Å². The van der Waals surface area contributed by atoms with E-state index in [1.54, 1.807) is 11.3 Å². The SMILES string of the molecule is O=[N+]([O-])CCCc1ccsc1. The second-order valence-electron chi connectivity index (χ2n) is 2.29. The fraction of sp³-hybridized carbons (Fsp3) is 0.429. The van der Waals surface area contributed by atoms with Gasteiger partial charge in [0, 0.05) is 11.3 Å². The zero-order valence-electron chi connectivity index (χ0n) is 6.03. The summed E-state index contributed by atoms with van der Waals surface area (Å²) in [5, 5.41) is 14.0. The zero-order chi connectivity index (χ0) is 8.10. The molecule has 1 rings (SSSR count). The topological polar surface area (TPSA) is 43.1 Å². The van der Waals surface area contributed by atoms with Gasteiger partial charge in [-0.3, -0.25) is 10.1 Å². The zero-order valence-corrected chi connectivity index (χ0v) is 6.84. The molecule has 0 saturated carbocycles. The number of nitrogens with zero attached hydrogens (tertiary/aromatic N) is 1. The van der Waals surface area contributed by atoms with E-state index in [0.29, 0.717) is 6.42 Å². The summed E-state index contributed by atoms with van der Waals surface area (Å²) in [6, 6.07) is 2.00. The molecule has 0 aliphatic heterocycles. The second-order valence-corrected chi connectivity index (χ2v) is 3.07. The Kier molecular flexibility index (Phi) is 3.04. The van der Waals surface area contributed by atoms with Crippen LogP contribution in [0.2, 0.25) is 0 Å². The van der Waals surface area contributed by atoms with Gasteiger partial charge in [-0.2, -0.15) is 11.3 Å². The molecule has 60 valence electrons. The van der Waals surface area contributed by atoms with Gasteiger partial charge in [0.1, 0.15) is 0 Å². The van der Waals surface area contributed by atoms with Crippen LogP contribution in [0.4, 0.5) is 0 Å². The first-order valence-electron chi connectivity index (χ1n) is 3.42. The molecule has 0 atom stereocenters. The fourth-order valence-electron chi connectivity index (χ4n) is 0.847. The molecule has 0 N–H and O–H groups in total. The number of thiophene rings is 1. The minimum absolute atomic E-state index is 0.0792. The number of hydrogen-bond donors (Lipinski definition) is 0. The number of aryl methyl sites for hydroxylation is 1. The lowest BCUT2D eigenvalue weighted by Gasteiger charge is -1.91. The third kappa shape index (κ3) is 3.13. The van der Waals surface area contributed by atoms with Crippen molar-refractivity contribution in [2.75, 3.05) is 6.54 Å². The van der Waals surface area contributed by atoms with Gasteiger partial charge in [0.2, 0.25) is 6.54 Å². The van der Waals surface area contributed by atoms with Gasteiger partial charge in [0.05, 0.1) is 0 Å². The van der Waals surface area contributed by atoms with E-state index in [1.807, 2.05) is 16.8 Å². The molecular weight excluding hydrogens is 162 g/mol. The van der Waals surface area contributed by atoms with Crippen LogP contribution in [0.15, 0.2) is 16.8 Å². The molecule has 0 spiro atoms. The molecule has 0 aliphatic rings. The quantitative estimate of drug-likeness (QED) is 0.513. The Bertz CT molecular complexity index is 220. The van der Waals surface area contributed by atoms with Crippen molar-refractivity contribution in [3.63, 3.8) is 0 Å². The van der Waals surface area contributed by atoms with Crippen molar-refractivity contribution in [2.24, 2.45) is 0 Å². The van der Waals surface area contributed by atoms with Crippen LogP contribution in [-0.4, -0.2) is 11.5 Å². The van der Waals surface area contributed by atoms with E-state index in [9.17, 15) is 10.1 Å². The highest BCUT2D eigenvalue weighted by Gasteiger charge is 1.97. The maximum atomic E-state index is 9.94. The molecule has 0 aliphatic carbocycles. The van der Waals surface area contributed by atoms with Gasteiger partial charge in [0.25, 0.3) is 0 Å². The highest BCUT2D eigenvalue weighted by Crippen LogP contribution is 2.07. The van der Waals surface area contributed by atoms with E-state index in [0.717, 1.165) is 6.42 Å². The van der Waals surface area contributed by atoms with Crippen LogP contribution < -0.4 is 0 Å². The maximum Gasteiger partial charge on any atom is 0.204 e. The first kappa shape index (κ1) is 8.20. The Balaban J connectivity index is 2.19. The minimum atomic E-state index is -0.271.